The van der Waals surface area contributed by atoms with Gasteiger partial charge in [0, 0.05) is 12.7 Å². The minimum atomic E-state index is 0.812. The molecule has 0 atom stereocenters. The Morgan fingerprint density at radius 2 is 2.06 bits per heavy atom. The normalized spacial score (nSPS) is 13.9. The number of anilines is 3. The monoisotopic (exact) mass is 240 g/mol. The predicted octanol–water partition coefficient (Wildman–Crippen LogP) is 2.64. The molecule has 1 aromatic carbocycles. The van der Waals surface area contributed by atoms with Gasteiger partial charge in [-0.15, -0.1) is 0 Å². The molecule has 0 radical (unpaired) electrons. The van der Waals surface area contributed by atoms with E-state index in [1.165, 1.54) is 11.3 Å². The summed E-state index contributed by atoms with van der Waals surface area (Å²) in [6.45, 7) is 4.84. The van der Waals surface area contributed by atoms with Gasteiger partial charge in [0.2, 0.25) is 0 Å². The van der Waals surface area contributed by atoms with Crippen molar-refractivity contribution >= 4 is 17.2 Å². The van der Waals surface area contributed by atoms with E-state index in [0.717, 1.165) is 24.0 Å². The molecule has 0 saturated heterocycles. The molecule has 2 aromatic rings. The van der Waals surface area contributed by atoms with Crippen molar-refractivity contribution in [2.24, 2.45) is 0 Å². The molecule has 0 aliphatic carbocycles. The fourth-order valence-electron chi connectivity index (χ4n) is 2.29. The molecule has 1 aliphatic heterocycles. The van der Waals surface area contributed by atoms with Crippen LogP contribution in [0.15, 0.2) is 30.5 Å². The van der Waals surface area contributed by atoms with Gasteiger partial charge in [0.25, 0.3) is 0 Å². The van der Waals surface area contributed by atoms with Crippen LogP contribution in [0, 0.1) is 13.8 Å². The maximum absolute atomic E-state index is 4.51. The third kappa shape index (κ3) is 1.70. The zero-order chi connectivity index (χ0) is 12.7. The summed E-state index contributed by atoms with van der Waals surface area (Å²) in [7, 11) is 2.06. The number of hydrogen-bond acceptors (Lipinski definition) is 4. The Morgan fingerprint density at radius 1 is 1.22 bits per heavy atom. The van der Waals surface area contributed by atoms with Crippen molar-refractivity contribution in [1.82, 2.24) is 9.97 Å². The molecule has 2 heterocycles. The van der Waals surface area contributed by atoms with Crippen LogP contribution in [0.2, 0.25) is 0 Å². The molecule has 0 bridgehead atoms. The predicted molar refractivity (Wildman–Crippen MR) is 73.4 cm³/mol. The molecule has 4 heteroatoms. The smallest absolute Gasteiger partial charge is 0.157 e. The van der Waals surface area contributed by atoms with E-state index in [9.17, 15) is 0 Å². The molecule has 0 N–H and O–H groups in total. The third-order valence-electron chi connectivity index (χ3n) is 3.19. The van der Waals surface area contributed by atoms with Crippen LogP contribution in [-0.4, -0.2) is 23.7 Å². The molecule has 0 fully saturated rings. The van der Waals surface area contributed by atoms with Crippen LogP contribution in [0.3, 0.4) is 0 Å². The minimum Gasteiger partial charge on any atom is -0.340 e. The van der Waals surface area contributed by atoms with Crippen molar-refractivity contribution in [2.45, 2.75) is 13.8 Å². The molecule has 0 amide bonds. The van der Waals surface area contributed by atoms with Crippen molar-refractivity contribution in [2.75, 3.05) is 23.5 Å². The van der Waals surface area contributed by atoms with Crippen LogP contribution in [0.25, 0.3) is 0 Å². The molecule has 0 unspecified atom stereocenters. The molecule has 3 rings (SSSR count). The van der Waals surface area contributed by atoms with Crippen LogP contribution in [0.5, 0.6) is 0 Å². The Hall–Kier alpha value is -2.10. The Labute approximate surface area is 107 Å². The number of aryl methyl sites for hydroxylation is 2. The summed E-state index contributed by atoms with van der Waals surface area (Å²) in [5, 5.41) is 0. The summed E-state index contributed by atoms with van der Waals surface area (Å²) in [5.41, 5.74) is 3.53. The van der Waals surface area contributed by atoms with Crippen molar-refractivity contribution in [3.63, 3.8) is 0 Å². The Morgan fingerprint density at radius 3 is 2.83 bits per heavy atom. The second-order valence-electron chi connectivity index (χ2n) is 4.73. The van der Waals surface area contributed by atoms with Gasteiger partial charge in [0.15, 0.2) is 5.82 Å². The van der Waals surface area contributed by atoms with E-state index in [0.29, 0.717) is 0 Å². The number of fused-ring (bicyclic) bond motifs is 1. The second kappa shape index (κ2) is 3.98. The highest BCUT2D eigenvalue weighted by Gasteiger charge is 2.26. The van der Waals surface area contributed by atoms with Crippen LogP contribution >= 0.6 is 0 Å². The lowest BCUT2D eigenvalue weighted by Crippen LogP contribution is -2.24. The fourth-order valence-corrected chi connectivity index (χ4v) is 2.29. The maximum Gasteiger partial charge on any atom is 0.157 e. The quantitative estimate of drug-likeness (QED) is 0.767. The summed E-state index contributed by atoms with van der Waals surface area (Å²) >= 11 is 0. The van der Waals surface area contributed by atoms with Gasteiger partial charge in [-0.25, -0.2) is 9.97 Å². The average Bonchev–Trinajstić information content (AvgIpc) is 2.67. The largest absolute Gasteiger partial charge is 0.340 e. The second-order valence-corrected chi connectivity index (χ2v) is 4.73. The van der Waals surface area contributed by atoms with E-state index in [1.54, 1.807) is 0 Å². The van der Waals surface area contributed by atoms with E-state index < -0.39 is 0 Å². The molecule has 1 aliphatic rings. The summed E-state index contributed by atoms with van der Waals surface area (Å²) in [5.74, 6) is 1.82. The van der Waals surface area contributed by atoms with E-state index >= 15 is 0 Å². The fraction of sp³-hybridized carbons (Fsp3) is 0.286. The first-order valence-corrected chi connectivity index (χ1v) is 6.04. The molecule has 0 spiro atoms. The van der Waals surface area contributed by atoms with Gasteiger partial charge < -0.3 is 9.80 Å². The van der Waals surface area contributed by atoms with Crippen LogP contribution in [-0.2, 0) is 0 Å². The first-order valence-electron chi connectivity index (χ1n) is 6.04. The highest BCUT2D eigenvalue weighted by molar-refractivity contribution is 5.78. The van der Waals surface area contributed by atoms with Gasteiger partial charge >= 0.3 is 0 Å². The maximum atomic E-state index is 4.51. The third-order valence-corrected chi connectivity index (χ3v) is 3.19. The van der Waals surface area contributed by atoms with Gasteiger partial charge in [-0.2, -0.15) is 0 Å². The van der Waals surface area contributed by atoms with Gasteiger partial charge in [-0.1, -0.05) is 12.1 Å². The van der Waals surface area contributed by atoms with E-state index in [2.05, 4.69) is 58.0 Å². The first kappa shape index (κ1) is 11.0. The number of hydrogen-bond donors (Lipinski definition) is 0. The topological polar surface area (TPSA) is 32.3 Å². The number of rotatable bonds is 1. The SMILES string of the molecule is Cc1cccc(N2CN(C)c3nc(C)ncc32)c1. The molecule has 1 aromatic heterocycles. The van der Waals surface area contributed by atoms with Gasteiger partial charge in [0.05, 0.1) is 12.9 Å². The van der Waals surface area contributed by atoms with Crippen LogP contribution in [0.1, 0.15) is 11.4 Å². The summed E-state index contributed by atoms with van der Waals surface area (Å²) in [4.78, 5) is 13.2. The number of aromatic nitrogens is 2. The lowest BCUT2D eigenvalue weighted by atomic mass is 10.2. The highest BCUT2D eigenvalue weighted by Crippen LogP contribution is 2.37. The first-order chi connectivity index (χ1) is 8.65. The highest BCUT2D eigenvalue weighted by atomic mass is 15.4. The van der Waals surface area contributed by atoms with Crippen molar-refractivity contribution in [3.05, 3.63) is 41.9 Å². The van der Waals surface area contributed by atoms with Gasteiger partial charge in [-0.05, 0) is 31.5 Å². The van der Waals surface area contributed by atoms with E-state index in [1.807, 2.05) is 13.1 Å². The molecule has 0 saturated carbocycles. The molecule has 18 heavy (non-hydrogen) atoms. The Balaban J connectivity index is 2.08. The lowest BCUT2D eigenvalue weighted by Gasteiger charge is -2.19. The summed E-state index contributed by atoms with van der Waals surface area (Å²) in [6.07, 6.45) is 1.91. The molecule has 4 nitrogen and oxygen atoms in total. The van der Waals surface area contributed by atoms with Crippen molar-refractivity contribution in [1.29, 1.82) is 0 Å². The zero-order valence-corrected chi connectivity index (χ0v) is 10.9. The molecular formula is C14H16N4. The van der Waals surface area contributed by atoms with E-state index in [4.69, 9.17) is 0 Å². The number of benzene rings is 1. The van der Waals surface area contributed by atoms with Gasteiger partial charge in [0.1, 0.15) is 11.5 Å². The van der Waals surface area contributed by atoms with Crippen molar-refractivity contribution < 1.29 is 0 Å². The Bertz CT molecular complexity index is 594. The van der Waals surface area contributed by atoms with E-state index in [-0.39, 0.29) is 0 Å². The minimum absolute atomic E-state index is 0.812. The molecular weight excluding hydrogens is 224 g/mol. The summed E-state index contributed by atoms with van der Waals surface area (Å²) in [6, 6.07) is 8.49. The number of nitrogens with zero attached hydrogens (tertiary/aromatic N) is 4. The Kier molecular flexibility index (Phi) is 2.44. The summed E-state index contributed by atoms with van der Waals surface area (Å²) < 4.78 is 0. The zero-order valence-electron chi connectivity index (χ0n) is 10.9. The lowest BCUT2D eigenvalue weighted by molar-refractivity contribution is 0.933. The molecule has 92 valence electrons. The van der Waals surface area contributed by atoms with Crippen LogP contribution < -0.4 is 9.80 Å². The van der Waals surface area contributed by atoms with Crippen LogP contribution in [0.4, 0.5) is 17.2 Å². The van der Waals surface area contributed by atoms with Crippen molar-refractivity contribution in [3.8, 4) is 0 Å². The standard InChI is InChI=1S/C14H16N4/c1-10-5-4-6-12(7-10)18-9-17(3)14-13(18)8-15-11(2)16-14/h4-8H,9H2,1-3H3. The van der Waals surface area contributed by atoms with Gasteiger partial charge in [-0.3, -0.25) is 0 Å². The average molecular weight is 240 g/mol.